The molecule has 0 atom stereocenters. The van der Waals surface area contributed by atoms with Crippen LogP contribution in [0.25, 0.3) is 6.08 Å². The van der Waals surface area contributed by atoms with Crippen LogP contribution in [0.15, 0.2) is 60.4 Å². The SMILES string of the molecule is CC(C)C(=O)C(=Cc1ccncc1)C(=O)Nc1ccccc1. The Labute approximate surface area is 129 Å². The summed E-state index contributed by atoms with van der Waals surface area (Å²) < 4.78 is 0. The molecule has 0 spiro atoms. The van der Waals surface area contributed by atoms with E-state index in [9.17, 15) is 9.59 Å². The van der Waals surface area contributed by atoms with Crippen molar-refractivity contribution in [1.29, 1.82) is 0 Å². The van der Waals surface area contributed by atoms with Crippen molar-refractivity contribution in [3.05, 3.63) is 66.0 Å². The molecule has 1 amide bonds. The van der Waals surface area contributed by atoms with E-state index in [0.717, 1.165) is 5.56 Å². The highest BCUT2D eigenvalue weighted by molar-refractivity contribution is 6.26. The van der Waals surface area contributed by atoms with E-state index in [1.165, 1.54) is 0 Å². The fourth-order valence-electron chi connectivity index (χ4n) is 1.91. The van der Waals surface area contributed by atoms with Gasteiger partial charge in [-0.15, -0.1) is 0 Å². The first-order valence-electron chi connectivity index (χ1n) is 7.10. The van der Waals surface area contributed by atoms with Crippen LogP contribution in [-0.2, 0) is 9.59 Å². The van der Waals surface area contributed by atoms with Crippen molar-refractivity contribution >= 4 is 23.5 Å². The van der Waals surface area contributed by atoms with Crippen LogP contribution in [0.4, 0.5) is 5.69 Å². The molecule has 4 heteroatoms. The van der Waals surface area contributed by atoms with Crippen LogP contribution >= 0.6 is 0 Å². The first kappa shape index (κ1) is 15.6. The van der Waals surface area contributed by atoms with Gasteiger partial charge in [-0.1, -0.05) is 32.0 Å². The normalized spacial score (nSPS) is 11.3. The molecule has 0 radical (unpaired) electrons. The monoisotopic (exact) mass is 294 g/mol. The average Bonchev–Trinajstić information content (AvgIpc) is 2.53. The zero-order chi connectivity index (χ0) is 15.9. The minimum absolute atomic E-state index is 0.144. The highest BCUT2D eigenvalue weighted by Crippen LogP contribution is 2.15. The maximum Gasteiger partial charge on any atom is 0.259 e. The van der Waals surface area contributed by atoms with Gasteiger partial charge in [0.2, 0.25) is 0 Å². The molecular weight excluding hydrogens is 276 g/mol. The molecule has 2 aromatic rings. The van der Waals surface area contributed by atoms with Crippen LogP contribution in [0.5, 0.6) is 0 Å². The molecule has 1 aromatic heterocycles. The van der Waals surface area contributed by atoms with Crippen molar-refractivity contribution in [3.8, 4) is 0 Å². The number of benzene rings is 1. The Morgan fingerprint density at radius 2 is 1.68 bits per heavy atom. The molecule has 1 heterocycles. The number of ketones is 1. The third-order valence-electron chi connectivity index (χ3n) is 3.08. The van der Waals surface area contributed by atoms with E-state index < -0.39 is 5.91 Å². The van der Waals surface area contributed by atoms with Gasteiger partial charge >= 0.3 is 0 Å². The molecule has 0 aliphatic carbocycles. The number of pyridine rings is 1. The number of aromatic nitrogens is 1. The van der Waals surface area contributed by atoms with Gasteiger partial charge in [-0.3, -0.25) is 14.6 Å². The van der Waals surface area contributed by atoms with Gasteiger partial charge in [0.05, 0.1) is 5.57 Å². The van der Waals surface area contributed by atoms with Crippen molar-refractivity contribution in [2.24, 2.45) is 5.92 Å². The molecule has 0 saturated heterocycles. The predicted octanol–water partition coefficient (Wildman–Crippen LogP) is 3.33. The molecule has 0 saturated carbocycles. The van der Waals surface area contributed by atoms with Crippen molar-refractivity contribution in [2.75, 3.05) is 5.32 Å². The quantitative estimate of drug-likeness (QED) is 0.523. The Morgan fingerprint density at radius 3 is 2.27 bits per heavy atom. The first-order valence-corrected chi connectivity index (χ1v) is 7.10. The maximum atomic E-state index is 12.4. The summed E-state index contributed by atoms with van der Waals surface area (Å²) in [5.74, 6) is -0.846. The summed E-state index contributed by atoms with van der Waals surface area (Å²) in [6.07, 6.45) is 4.85. The van der Waals surface area contributed by atoms with Gasteiger partial charge in [0.25, 0.3) is 5.91 Å². The molecule has 0 unspecified atom stereocenters. The number of hydrogen-bond acceptors (Lipinski definition) is 3. The van der Waals surface area contributed by atoms with Crippen LogP contribution in [0.2, 0.25) is 0 Å². The summed E-state index contributed by atoms with van der Waals surface area (Å²) in [6, 6.07) is 12.6. The van der Waals surface area contributed by atoms with Gasteiger partial charge in [-0.25, -0.2) is 0 Å². The van der Waals surface area contributed by atoms with Gasteiger partial charge < -0.3 is 5.32 Å². The Kier molecular flexibility index (Phi) is 5.20. The topological polar surface area (TPSA) is 59.1 Å². The summed E-state index contributed by atoms with van der Waals surface area (Å²) in [5.41, 5.74) is 1.57. The Morgan fingerprint density at radius 1 is 1.05 bits per heavy atom. The second-order valence-corrected chi connectivity index (χ2v) is 5.18. The Bertz CT molecular complexity index is 677. The minimum atomic E-state index is -0.401. The zero-order valence-electron chi connectivity index (χ0n) is 12.6. The standard InChI is InChI=1S/C18H18N2O2/c1-13(2)17(21)16(12-14-8-10-19-11-9-14)18(22)20-15-6-4-3-5-7-15/h3-13H,1-2H3,(H,20,22). The number of amides is 1. The maximum absolute atomic E-state index is 12.4. The summed E-state index contributed by atoms with van der Waals surface area (Å²) in [7, 11) is 0. The highest BCUT2D eigenvalue weighted by atomic mass is 16.2. The van der Waals surface area contributed by atoms with Gasteiger partial charge in [0.15, 0.2) is 5.78 Å². The summed E-state index contributed by atoms with van der Waals surface area (Å²) >= 11 is 0. The van der Waals surface area contributed by atoms with Crippen LogP contribution in [0.1, 0.15) is 19.4 Å². The highest BCUT2D eigenvalue weighted by Gasteiger charge is 2.21. The molecule has 22 heavy (non-hydrogen) atoms. The third-order valence-corrected chi connectivity index (χ3v) is 3.08. The lowest BCUT2D eigenvalue weighted by molar-refractivity contribution is -0.121. The van der Waals surface area contributed by atoms with Crippen molar-refractivity contribution in [3.63, 3.8) is 0 Å². The van der Waals surface area contributed by atoms with E-state index in [4.69, 9.17) is 0 Å². The van der Waals surface area contributed by atoms with E-state index >= 15 is 0 Å². The molecule has 0 fully saturated rings. The van der Waals surface area contributed by atoms with Crippen LogP contribution in [0.3, 0.4) is 0 Å². The predicted molar refractivity (Wildman–Crippen MR) is 87.1 cm³/mol. The third kappa shape index (κ3) is 4.12. The van der Waals surface area contributed by atoms with Gasteiger partial charge in [-0.05, 0) is 35.9 Å². The Hall–Kier alpha value is -2.75. The molecule has 1 aromatic carbocycles. The van der Waals surface area contributed by atoms with E-state index in [1.807, 2.05) is 18.2 Å². The second-order valence-electron chi connectivity index (χ2n) is 5.18. The van der Waals surface area contributed by atoms with E-state index in [1.54, 1.807) is 56.6 Å². The fraction of sp³-hybridized carbons (Fsp3) is 0.167. The van der Waals surface area contributed by atoms with Crippen molar-refractivity contribution < 1.29 is 9.59 Å². The number of rotatable bonds is 5. The first-order chi connectivity index (χ1) is 10.6. The average molecular weight is 294 g/mol. The van der Waals surface area contributed by atoms with Crippen molar-refractivity contribution in [2.45, 2.75) is 13.8 Å². The van der Waals surface area contributed by atoms with Gasteiger partial charge in [-0.2, -0.15) is 0 Å². The summed E-state index contributed by atoms with van der Waals surface area (Å²) in [6.45, 7) is 3.55. The minimum Gasteiger partial charge on any atom is -0.322 e. The largest absolute Gasteiger partial charge is 0.322 e. The van der Waals surface area contributed by atoms with Crippen molar-refractivity contribution in [1.82, 2.24) is 4.98 Å². The number of Topliss-reactive ketones (excluding diaryl/α,β-unsaturated/α-hetero) is 1. The van der Waals surface area contributed by atoms with E-state index in [2.05, 4.69) is 10.3 Å². The fourth-order valence-corrected chi connectivity index (χ4v) is 1.91. The summed E-state index contributed by atoms with van der Waals surface area (Å²) in [4.78, 5) is 28.7. The number of nitrogens with one attached hydrogen (secondary N) is 1. The number of para-hydroxylation sites is 1. The van der Waals surface area contributed by atoms with E-state index in [0.29, 0.717) is 5.69 Å². The lowest BCUT2D eigenvalue weighted by Gasteiger charge is -2.10. The molecule has 0 aliphatic rings. The van der Waals surface area contributed by atoms with Crippen LogP contribution < -0.4 is 5.32 Å². The summed E-state index contributed by atoms with van der Waals surface area (Å²) in [5, 5.41) is 2.75. The van der Waals surface area contributed by atoms with Gasteiger partial charge in [0.1, 0.15) is 0 Å². The lowest BCUT2D eigenvalue weighted by atomic mass is 9.98. The van der Waals surface area contributed by atoms with Gasteiger partial charge in [0, 0.05) is 24.0 Å². The lowest BCUT2D eigenvalue weighted by Crippen LogP contribution is -2.23. The number of nitrogens with zero attached hydrogens (tertiary/aromatic N) is 1. The smallest absolute Gasteiger partial charge is 0.259 e. The molecule has 4 nitrogen and oxygen atoms in total. The number of carbonyl (C=O) groups excluding carboxylic acids is 2. The number of hydrogen-bond donors (Lipinski definition) is 1. The molecular formula is C18H18N2O2. The second kappa shape index (κ2) is 7.31. The molecule has 1 N–H and O–H groups in total. The molecule has 112 valence electrons. The van der Waals surface area contributed by atoms with E-state index in [-0.39, 0.29) is 17.3 Å². The molecule has 0 aliphatic heterocycles. The Balaban J connectivity index is 2.30. The van der Waals surface area contributed by atoms with Crippen LogP contribution in [0, 0.1) is 5.92 Å². The molecule has 0 bridgehead atoms. The molecule has 2 rings (SSSR count). The van der Waals surface area contributed by atoms with Crippen LogP contribution in [-0.4, -0.2) is 16.7 Å². The zero-order valence-corrected chi connectivity index (χ0v) is 12.6. The number of anilines is 1. The number of carbonyl (C=O) groups is 2.